The number of esters is 1. The Bertz CT molecular complexity index is 230. The molecule has 0 heterocycles. The number of rotatable bonds is 4. The van der Waals surface area contributed by atoms with E-state index in [-0.39, 0.29) is 63.5 Å². The summed E-state index contributed by atoms with van der Waals surface area (Å²) in [5, 5.41) is 0. The normalized spacial score (nSPS) is 11.3. The first-order chi connectivity index (χ1) is 6.70. The van der Waals surface area contributed by atoms with Crippen LogP contribution in [0.4, 0.5) is 0 Å². The zero-order valence-corrected chi connectivity index (χ0v) is 13.5. The molecule has 0 amide bonds. The molecule has 8 heteroatoms. The predicted molar refractivity (Wildman–Crippen MR) is 54.6 cm³/mol. The van der Waals surface area contributed by atoms with Gasteiger partial charge >= 0.3 is 65.2 Å². The van der Waals surface area contributed by atoms with Gasteiger partial charge in [0.15, 0.2) is 0 Å². The van der Waals surface area contributed by atoms with E-state index < -0.39 is 7.82 Å². The largest absolute Gasteiger partial charge is 1.00 e. The average Bonchev–Trinajstić information content (AvgIpc) is 2.01. The van der Waals surface area contributed by atoms with Crippen molar-refractivity contribution < 1.29 is 80.2 Å². The van der Waals surface area contributed by atoms with Crippen molar-refractivity contribution in [3.63, 3.8) is 0 Å². The maximum absolute atomic E-state index is 10.5. The van der Waals surface area contributed by atoms with E-state index in [9.17, 15) is 4.79 Å². The van der Waals surface area contributed by atoms with Crippen LogP contribution >= 0.6 is 7.82 Å². The zero-order chi connectivity index (χ0) is 12.5. The quantitative estimate of drug-likeness (QED) is 0.177. The summed E-state index contributed by atoms with van der Waals surface area (Å²) in [5.41, 5.74) is 0. The van der Waals surface area contributed by atoms with Gasteiger partial charge in [0.2, 0.25) is 0 Å². The van der Waals surface area contributed by atoms with Crippen molar-refractivity contribution in [2.75, 3.05) is 0 Å². The maximum atomic E-state index is 10.5. The SMILES string of the molecule is C=CC(=O)OC(C)CC[CH2-].O=P(O)(O)O.[K+]. The van der Waals surface area contributed by atoms with Crippen LogP contribution in [0.3, 0.4) is 0 Å². The number of hydrogen-bond donors (Lipinski definition) is 3. The Morgan fingerprint density at radius 2 is 1.94 bits per heavy atom. The summed E-state index contributed by atoms with van der Waals surface area (Å²) in [7, 11) is -4.64. The van der Waals surface area contributed by atoms with E-state index in [1.54, 1.807) is 0 Å². The molecule has 1 unspecified atom stereocenters. The summed E-state index contributed by atoms with van der Waals surface area (Å²) in [4.78, 5) is 32.1. The third kappa shape index (κ3) is 29.4. The molecule has 6 nitrogen and oxygen atoms in total. The molecule has 0 aliphatic rings. The van der Waals surface area contributed by atoms with Gasteiger partial charge in [0.05, 0.1) is 6.10 Å². The minimum absolute atomic E-state index is 0. The second-order valence-corrected chi connectivity index (χ2v) is 3.63. The molecule has 0 saturated carbocycles. The predicted octanol–water partition coefficient (Wildman–Crippen LogP) is -2.21. The zero-order valence-electron chi connectivity index (χ0n) is 9.50. The van der Waals surface area contributed by atoms with Gasteiger partial charge < -0.3 is 26.3 Å². The minimum Gasteiger partial charge on any atom is -0.460 e. The fourth-order valence-electron chi connectivity index (χ4n) is 0.593. The molecule has 0 radical (unpaired) electrons. The topological polar surface area (TPSA) is 104 Å². The standard InChI is InChI=1S/C8H13O2.K.H3O4P/c1-4-6-7(3)10-8(9)5-2;;1-5(2,3)4/h5,7H,1-2,4,6H2,3H3;;(H3,1,2,3,4)/q-1;+1;. The van der Waals surface area contributed by atoms with Crippen molar-refractivity contribution in [2.24, 2.45) is 0 Å². The van der Waals surface area contributed by atoms with Crippen molar-refractivity contribution in [1.29, 1.82) is 0 Å². The Morgan fingerprint density at radius 3 is 2.19 bits per heavy atom. The smallest absolute Gasteiger partial charge is 0.460 e. The Morgan fingerprint density at radius 1 is 1.56 bits per heavy atom. The van der Waals surface area contributed by atoms with Crippen molar-refractivity contribution in [1.82, 2.24) is 0 Å². The van der Waals surface area contributed by atoms with Crippen LogP contribution in [-0.2, 0) is 14.1 Å². The first-order valence-corrected chi connectivity index (χ1v) is 5.67. The number of ether oxygens (including phenoxy) is 1. The van der Waals surface area contributed by atoms with Crippen LogP contribution in [0.5, 0.6) is 0 Å². The Balaban J connectivity index is -0.000000242. The summed E-state index contributed by atoms with van der Waals surface area (Å²) in [6.45, 7) is 8.77. The van der Waals surface area contributed by atoms with Crippen molar-refractivity contribution >= 4 is 13.8 Å². The third-order valence-corrected chi connectivity index (χ3v) is 1.09. The van der Waals surface area contributed by atoms with E-state index in [1.165, 1.54) is 6.08 Å². The molecule has 0 saturated heterocycles. The number of hydrogen-bond acceptors (Lipinski definition) is 3. The van der Waals surface area contributed by atoms with Crippen LogP contribution in [0.2, 0.25) is 0 Å². The molecule has 0 rings (SSSR count). The molecule has 0 aromatic rings. The van der Waals surface area contributed by atoms with E-state index in [1.807, 2.05) is 6.92 Å². The van der Waals surface area contributed by atoms with E-state index >= 15 is 0 Å². The fraction of sp³-hybridized carbons (Fsp3) is 0.500. The maximum Gasteiger partial charge on any atom is 1.00 e. The van der Waals surface area contributed by atoms with Gasteiger partial charge in [-0.3, -0.25) is 0 Å². The first kappa shape index (κ1) is 22.2. The second-order valence-electron chi connectivity index (χ2n) is 2.61. The second kappa shape index (κ2) is 12.4. The average molecular weight is 278 g/mol. The third-order valence-electron chi connectivity index (χ3n) is 1.09. The summed E-state index contributed by atoms with van der Waals surface area (Å²) in [5.74, 6) is -0.360. The summed E-state index contributed by atoms with van der Waals surface area (Å²) in [6, 6.07) is 0. The fourth-order valence-corrected chi connectivity index (χ4v) is 0.593. The van der Waals surface area contributed by atoms with Crippen molar-refractivity contribution in [2.45, 2.75) is 25.9 Å². The molecule has 0 aliphatic heterocycles. The van der Waals surface area contributed by atoms with E-state index in [0.717, 1.165) is 12.8 Å². The Hall–Kier alpha value is 0.956. The molecule has 0 fully saturated rings. The minimum atomic E-state index is -4.64. The molecule has 0 aromatic heterocycles. The van der Waals surface area contributed by atoms with E-state index in [4.69, 9.17) is 24.0 Å². The van der Waals surface area contributed by atoms with E-state index in [0.29, 0.717) is 0 Å². The van der Waals surface area contributed by atoms with Gasteiger partial charge in [0.25, 0.3) is 0 Å². The Labute approximate surface area is 138 Å². The van der Waals surface area contributed by atoms with Gasteiger partial charge in [0, 0.05) is 6.08 Å². The Kier molecular flexibility index (Phi) is 17.2. The first-order valence-electron chi connectivity index (χ1n) is 4.11. The van der Waals surface area contributed by atoms with Crippen LogP contribution in [-0.4, -0.2) is 26.8 Å². The molecule has 0 bridgehead atoms. The van der Waals surface area contributed by atoms with Crippen molar-refractivity contribution in [3.8, 4) is 0 Å². The van der Waals surface area contributed by atoms with Gasteiger partial charge in [-0.2, -0.15) is 6.42 Å². The van der Waals surface area contributed by atoms with Crippen LogP contribution in [0, 0.1) is 6.92 Å². The molecule has 16 heavy (non-hydrogen) atoms. The number of carbonyl (C=O) groups is 1. The summed E-state index contributed by atoms with van der Waals surface area (Å²) in [6.07, 6.45) is 2.72. The molecule has 0 spiro atoms. The monoisotopic (exact) mass is 278 g/mol. The number of carbonyl (C=O) groups excluding carboxylic acids is 1. The molecular formula is C8H16KO6P. The molecule has 3 N–H and O–H groups in total. The van der Waals surface area contributed by atoms with Gasteiger partial charge in [0.1, 0.15) is 0 Å². The van der Waals surface area contributed by atoms with Crippen LogP contribution < -0.4 is 51.4 Å². The van der Waals surface area contributed by atoms with Gasteiger partial charge in [-0.15, -0.1) is 0 Å². The molecule has 0 aromatic carbocycles. The summed E-state index contributed by atoms with van der Waals surface area (Å²) >= 11 is 0. The van der Waals surface area contributed by atoms with Gasteiger partial charge in [-0.25, -0.2) is 9.36 Å². The van der Waals surface area contributed by atoms with Crippen LogP contribution in [0.1, 0.15) is 19.8 Å². The molecule has 90 valence electrons. The van der Waals surface area contributed by atoms with Gasteiger partial charge in [-0.05, 0) is 13.3 Å². The molecule has 0 aliphatic carbocycles. The summed E-state index contributed by atoms with van der Waals surface area (Å²) < 4.78 is 13.7. The molecular weight excluding hydrogens is 262 g/mol. The van der Waals surface area contributed by atoms with Crippen molar-refractivity contribution in [3.05, 3.63) is 19.6 Å². The molecule has 1 atom stereocenters. The van der Waals surface area contributed by atoms with E-state index in [2.05, 4.69) is 13.5 Å². The van der Waals surface area contributed by atoms with Crippen LogP contribution in [0.15, 0.2) is 12.7 Å². The van der Waals surface area contributed by atoms with Gasteiger partial charge in [-0.1, -0.05) is 6.58 Å². The van der Waals surface area contributed by atoms with Crippen LogP contribution in [0.25, 0.3) is 0 Å². The number of phosphoric acid groups is 1.